The number of para-hydroxylation sites is 1. The van der Waals surface area contributed by atoms with E-state index in [2.05, 4.69) is 114 Å². The fourth-order valence-corrected chi connectivity index (χ4v) is 9.82. The van der Waals surface area contributed by atoms with Crippen molar-refractivity contribution >= 4 is 98.1 Å². The lowest BCUT2D eigenvalue weighted by atomic mass is 10.2. The number of hydrogen-bond donors (Lipinski definition) is 0. The first-order valence-electron chi connectivity index (χ1n) is 40.8. The van der Waals surface area contributed by atoms with E-state index >= 15 is 0 Å². The Morgan fingerprint density at radius 3 is 1.21 bits per heavy atom. The third-order valence-electron chi connectivity index (χ3n) is 14.8. The Balaban J connectivity index is 0.000000642. The van der Waals surface area contributed by atoms with Gasteiger partial charge in [-0.3, -0.25) is 69.8 Å². The molecular formula is C99H126N18. The normalized spacial score (nSPS) is 9.15. The minimum atomic E-state index is 0.818. The van der Waals surface area contributed by atoms with Crippen molar-refractivity contribution in [1.82, 2.24) is 89.7 Å². The van der Waals surface area contributed by atoms with Crippen LogP contribution >= 0.6 is 0 Å². The highest BCUT2D eigenvalue weighted by Gasteiger charge is 2.00. The van der Waals surface area contributed by atoms with Crippen LogP contribution in [0.2, 0.25) is 0 Å². The number of aryl methyl sites for hydroxylation is 9. The molecule has 18 aromatic rings. The summed E-state index contributed by atoms with van der Waals surface area (Å²) in [6, 6.07) is 47.8. The molecule has 612 valence electrons. The maximum Gasteiger partial charge on any atom is 0.159 e. The van der Waals surface area contributed by atoms with E-state index in [1.807, 2.05) is 370 Å². The summed E-state index contributed by atoms with van der Waals surface area (Å²) in [5.74, 6) is 0. The van der Waals surface area contributed by atoms with Gasteiger partial charge >= 0.3 is 0 Å². The van der Waals surface area contributed by atoms with Crippen molar-refractivity contribution in [3.05, 3.63) is 327 Å². The van der Waals surface area contributed by atoms with Gasteiger partial charge in [-0.15, -0.1) is 0 Å². The van der Waals surface area contributed by atoms with Gasteiger partial charge in [-0.2, -0.15) is 0 Å². The molecule has 0 radical (unpaired) electrons. The van der Waals surface area contributed by atoms with Crippen molar-refractivity contribution in [2.45, 2.75) is 187 Å². The van der Waals surface area contributed by atoms with Crippen molar-refractivity contribution in [3.8, 4) is 0 Å². The molecule has 17 aromatic heterocycles. The van der Waals surface area contributed by atoms with E-state index in [1.54, 1.807) is 68.3 Å². The van der Waals surface area contributed by atoms with Crippen LogP contribution in [-0.2, 0) is 0 Å². The van der Waals surface area contributed by atoms with Crippen molar-refractivity contribution < 1.29 is 0 Å². The van der Waals surface area contributed by atoms with E-state index in [-0.39, 0.29) is 0 Å². The minimum Gasteiger partial charge on any atom is -0.264 e. The molecule has 17 heterocycles. The van der Waals surface area contributed by atoms with Crippen LogP contribution in [0.4, 0.5) is 0 Å². The van der Waals surface area contributed by atoms with Gasteiger partial charge in [0.25, 0.3) is 0 Å². The van der Waals surface area contributed by atoms with E-state index in [0.717, 1.165) is 127 Å². The molecule has 0 N–H and O–H groups in total. The molecule has 18 nitrogen and oxygen atoms in total. The molecule has 117 heavy (non-hydrogen) atoms. The molecular weight excluding hydrogens is 1440 g/mol. The topological polar surface area (TPSA) is 232 Å². The molecule has 0 spiro atoms. The Labute approximate surface area is 697 Å². The van der Waals surface area contributed by atoms with Crippen LogP contribution in [0, 0.1) is 62.3 Å². The van der Waals surface area contributed by atoms with Gasteiger partial charge in [-0.25, -0.2) is 19.9 Å². The van der Waals surface area contributed by atoms with Gasteiger partial charge in [-0.1, -0.05) is 143 Å². The Morgan fingerprint density at radius 1 is 0.179 bits per heavy atom. The zero-order valence-electron chi connectivity index (χ0n) is 74.5. The summed E-state index contributed by atoms with van der Waals surface area (Å²) in [5, 5.41) is 11.3. The lowest BCUT2D eigenvalue weighted by Gasteiger charge is -1.97. The fraction of sp³-hybridized carbons (Fsp3) is 0.273. The molecule has 0 amide bonds. The predicted octanol–water partition coefficient (Wildman–Crippen LogP) is 26.7. The summed E-state index contributed by atoms with van der Waals surface area (Å²) >= 11 is 0. The van der Waals surface area contributed by atoms with Gasteiger partial charge in [0.1, 0.15) is 6.33 Å². The first-order chi connectivity index (χ1) is 57.3. The highest BCUT2D eigenvalue weighted by molar-refractivity contribution is 5.84. The van der Waals surface area contributed by atoms with Gasteiger partial charge in [0.05, 0.1) is 44.8 Å². The van der Waals surface area contributed by atoms with Crippen LogP contribution in [0.5, 0.6) is 0 Å². The summed E-state index contributed by atoms with van der Waals surface area (Å²) in [6.45, 7) is 54.0. The number of fused-ring (bicyclic) bond motifs is 9. The van der Waals surface area contributed by atoms with Gasteiger partial charge in [0, 0.05) is 195 Å². The second-order valence-electron chi connectivity index (χ2n) is 22.8. The van der Waals surface area contributed by atoms with E-state index < -0.39 is 0 Å². The summed E-state index contributed by atoms with van der Waals surface area (Å²) in [4.78, 5) is 74.5. The number of benzene rings is 1. The van der Waals surface area contributed by atoms with E-state index in [1.165, 1.54) is 22.1 Å². The highest BCUT2D eigenvalue weighted by Crippen LogP contribution is 2.17. The van der Waals surface area contributed by atoms with E-state index in [0.29, 0.717) is 0 Å². The lowest BCUT2D eigenvalue weighted by Crippen LogP contribution is -1.85. The zero-order chi connectivity index (χ0) is 87.1. The third kappa shape index (κ3) is 36.8. The SMILES string of the molecule is CC.CC.CC.CC.CC.CC.CC.CC.CC.Cc1cc2ccncc2cn1.Cc1cc2cnccc2cn1.Cc1cc2ncccc2cn1.Cc1cnc2cccnc2c1.Cc1cnc2ccncc2c1.Cc1cnc2cnccc2c1.Cc1cnc2ncccc2c1.Cc1nccc2ncccc12.Cc1ncnc2ccccc12. The predicted molar refractivity (Wildman–Crippen MR) is 501 cm³/mol. The molecule has 0 saturated heterocycles. The van der Waals surface area contributed by atoms with E-state index in [4.69, 9.17) is 0 Å². The first-order valence-corrected chi connectivity index (χ1v) is 40.8. The Morgan fingerprint density at radius 2 is 0.581 bits per heavy atom. The quantitative estimate of drug-likeness (QED) is 0.137. The van der Waals surface area contributed by atoms with Crippen LogP contribution in [0.1, 0.15) is 175 Å². The summed E-state index contributed by atoms with van der Waals surface area (Å²) < 4.78 is 0. The Bertz CT molecular complexity index is 4780. The maximum atomic E-state index is 4.24. The molecule has 18 rings (SSSR count). The minimum absolute atomic E-state index is 0.818. The van der Waals surface area contributed by atoms with Crippen molar-refractivity contribution in [3.63, 3.8) is 0 Å². The zero-order valence-corrected chi connectivity index (χ0v) is 74.5. The van der Waals surface area contributed by atoms with Crippen LogP contribution in [0.3, 0.4) is 0 Å². The lowest BCUT2D eigenvalue weighted by molar-refractivity contribution is 1.15. The second kappa shape index (κ2) is 62.5. The van der Waals surface area contributed by atoms with Crippen molar-refractivity contribution in [2.24, 2.45) is 0 Å². The van der Waals surface area contributed by atoms with Crippen LogP contribution in [0.15, 0.2) is 276 Å². The Kier molecular flexibility index (Phi) is 54.5. The van der Waals surface area contributed by atoms with Crippen LogP contribution in [-0.4, -0.2) is 89.7 Å². The van der Waals surface area contributed by atoms with E-state index in [9.17, 15) is 0 Å². The van der Waals surface area contributed by atoms with Gasteiger partial charge < -0.3 is 0 Å². The average molecular weight is 1570 g/mol. The largest absolute Gasteiger partial charge is 0.264 e. The molecule has 0 fully saturated rings. The molecule has 0 aliphatic carbocycles. The third-order valence-corrected chi connectivity index (χ3v) is 14.8. The smallest absolute Gasteiger partial charge is 0.159 e. The summed E-state index contributed by atoms with van der Waals surface area (Å²) in [5.41, 5.74) is 17.6. The molecule has 0 unspecified atom stereocenters. The van der Waals surface area contributed by atoms with Crippen molar-refractivity contribution in [1.29, 1.82) is 0 Å². The Hall–Kier alpha value is -13.0. The maximum absolute atomic E-state index is 4.24. The number of nitrogens with zero attached hydrogens (tertiary/aromatic N) is 18. The first kappa shape index (κ1) is 102. The summed E-state index contributed by atoms with van der Waals surface area (Å²) in [7, 11) is 0. The second-order valence-corrected chi connectivity index (χ2v) is 22.8. The van der Waals surface area contributed by atoms with Gasteiger partial charge in [-0.05, 0) is 217 Å². The molecule has 1 aromatic carbocycles. The average Bonchev–Trinajstić information content (AvgIpc) is 0.839. The standard InChI is InChI=1S/9C9H8N2.9C2H6/c1-7-4-9-5-10-3-2-8(9)6-11-7;1-7-4-8-2-3-10-5-9(8)6-11-7;1-7-4-8-6-10-3-2-9(8)11-5-7;1-7-4-8-2-3-10-6-9(8)11-5-7;1-7-8-3-2-5-11-9(8)4-6-10-7;1-7-5-9-8(6-11-7)3-2-4-10-9;1-7-5-9-8(11-6-7)3-2-4-10-9;1-7-5-8-3-2-4-10-9(8)11-6-7;1-7-8-4-2-3-5-9(8)11-6-10-7;9*1-2/h9*2-6H,1H3;9*1-2H3. The van der Waals surface area contributed by atoms with Crippen molar-refractivity contribution in [2.75, 3.05) is 0 Å². The number of rotatable bonds is 0. The van der Waals surface area contributed by atoms with Gasteiger partial charge in [0.2, 0.25) is 0 Å². The molecule has 0 atom stereocenters. The fourth-order valence-electron chi connectivity index (χ4n) is 9.82. The molecule has 0 saturated carbocycles. The molecule has 0 bridgehead atoms. The number of aromatic nitrogens is 18. The highest BCUT2D eigenvalue weighted by atomic mass is 14.8. The van der Waals surface area contributed by atoms with Crippen LogP contribution in [0.25, 0.3) is 98.1 Å². The summed E-state index contributed by atoms with van der Waals surface area (Å²) in [6.07, 6.45) is 37.8. The number of pyridine rings is 16. The molecule has 0 aliphatic rings. The monoisotopic (exact) mass is 1570 g/mol. The van der Waals surface area contributed by atoms with Crippen LogP contribution < -0.4 is 0 Å². The number of hydrogen-bond acceptors (Lipinski definition) is 18. The van der Waals surface area contributed by atoms with Gasteiger partial charge in [0.15, 0.2) is 5.65 Å². The molecule has 18 heteroatoms. The molecule has 0 aliphatic heterocycles.